The second-order valence-corrected chi connectivity index (χ2v) is 6.41. The van der Waals surface area contributed by atoms with E-state index in [0.29, 0.717) is 17.3 Å². The van der Waals surface area contributed by atoms with Crippen LogP contribution in [0.5, 0.6) is 0 Å². The van der Waals surface area contributed by atoms with Gasteiger partial charge in [-0.05, 0) is 41.8 Å². The Morgan fingerprint density at radius 1 is 0.963 bits per heavy atom. The molecule has 0 bridgehead atoms. The van der Waals surface area contributed by atoms with E-state index in [1.807, 2.05) is 24.3 Å². The molecule has 3 aromatic rings. The minimum absolute atomic E-state index is 0.268. The number of hydrogen-bond donors (Lipinski definition) is 2. The van der Waals surface area contributed by atoms with Gasteiger partial charge in [-0.2, -0.15) is 0 Å². The summed E-state index contributed by atoms with van der Waals surface area (Å²) in [6.07, 6.45) is 2.78. The van der Waals surface area contributed by atoms with Crippen LogP contribution in [0.4, 0.5) is 25.8 Å². The van der Waals surface area contributed by atoms with Crippen LogP contribution in [0.1, 0.15) is 35.7 Å². The van der Waals surface area contributed by atoms with Gasteiger partial charge in [0.25, 0.3) is 5.91 Å². The minimum atomic E-state index is -0.727. The Morgan fingerprint density at radius 2 is 1.63 bits per heavy atom. The van der Waals surface area contributed by atoms with Crippen LogP contribution in [-0.2, 0) is 0 Å². The molecule has 0 atom stereocenters. The molecule has 0 aliphatic carbocycles. The molecule has 2 aromatic carbocycles. The Bertz CT molecular complexity index is 936. The fourth-order valence-corrected chi connectivity index (χ4v) is 2.55. The van der Waals surface area contributed by atoms with E-state index in [0.717, 1.165) is 12.1 Å². The fraction of sp³-hybridized carbons (Fsp3) is 0.143. The first kappa shape index (κ1) is 18.5. The van der Waals surface area contributed by atoms with Crippen LogP contribution in [0, 0.1) is 11.6 Å². The van der Waals surface area contributed by atoms with Gasteiger partial charge in [0, 0.05) is 11.9 Å². The van der Waals surface area contributed by atoms with Crippen molar-refractivity contribution in [1.82, 2.24) is 4.98 Å². The van der Waals surface area contributed by atoms with Crippen LogP contribution >= 0.6 is 0 Å². The SMILES string of the molecule is CC(C)c1ccc(NC(=O)c2cncc(Nc3c(F)cccc3F)c2)cc1. The zero-order valence-electron chi connectivity index (χ0n) is 15.0. The molecule has 6 heteroatoms. The number of carbonyl (C=O) groups excluding carboxylic acids is 1. The number of rotatable bonds is 5. The molecule has 0 fully saturated rings. The van der Waals surface area contributed by atoms with Crippen molar-refractivity contribution < 1.29 is 13.6 Å². The summed E-state index contributed by atoms with van der Waals surface area (Å²) in [4.78, 5) is 16.4. The van der Waals surface area contributed by atoms with Gasteiger partial charge in [-0.3, -0.25) is 9.78 Å². The van der Waals surface area contributed by atoms with Crippen molar-refractivity contribution in [2.24, 2.45) is 0 Å². The predicted molar refractivity (Wildman–Crippen MR) is 102 cm³/mol. The molecule has 0 saturated heterocycles. The number of nitrogens with zero attached hydrogens (tertiary/aromatic N) is 1. The number of benzene rings is 2. The van der Waals surface area contributed by atoms with Crippen LogP contribution < -0.4 is 10.6 Å². The average Bonchev–Trinajstić information content (AvgIpc) is 2.65. The van der Waals surface area contributed by atoms with Crippen LogP contribution in [0.2, 0.25) is 0 Å². The monoisotopic (exact) mass is 367 g/mol. The van der Waals surface area contributed by atoms with Crippen molar-refractivity contribution in [3.63, 3.8) is 0 Å². The van der Waals surface area contributed by atoms with Crippen LogP contribution in [0.15, 0.2) is 60.9 Å². The van der Waals surface area contributed by atoms with Crippen molar-refractivity contribution in [3.8, 4) is 0 Å². The van der Waals surface area contributed by atoms with Crippen molar-refractivity contribution in [2.45, 2.75) is 19.8 Å². The van der Waals surface area contributed by atoms with E-state index in [2.05, 4.69) is 29.5 Å². The molecule has 3 rings (SSSR count). The van der Waals surface area contributed by atoms with E-state index in [9.17, 15) is 13.6 Å². The van der Waals surface area contributed by atoms with Gasteiger partial charge in [-0.25, -0.2) is 8.78 Å². The number of pyridine rings is 1. The second kappa shape index (κ2) is 7.95. The van der Waals surface area contributed by atoms with Crippen LogP contribution in [0.25, 0.3) is 0 Å². The third kappa shape index (κ3) is 4.47. The molecule has 1 heterocycles. The zero-order valence-corrected chi connectivity index (χ0v) is 15.0. The van der Waals surface area contributed by atoms with Crippen molar-refractivity contribution in [3.05, 3.63) is 83.7 Å². The molecule has 0 aliphatic heterocycles. The van der Waals surface area contributed by atoms with Crippen LogP contribution in [-0.4, -0.2) is 10.9 Å². The van der Waals surface area contributed by atoms with Crippen molar-refractivity contribution in [2.75, 3.05) is 10.6 Å². The topological polar surface area (TPSA) is 54.0 Å². The number of anilines is 3. The van der Waals surface area contributed by atoms with E-state index in [-0.39, 0.29) is 17.2 Å². The van der Waals surface area contributed by atoms with Gasteiger partial charge >= 0.3 is 0 Å². The highest BCUT2D eigenvalue weighted by Gasteiger charge is 2.11. The van der Waals surface area contributed by atoms with Gasteiger partial charge in [-0.15, -0.1) is 0 Å². The lowest BCUT2D eigenvalue weighted by atomic mass is 10.0. The maximum absolute atomic E-state index is 13.8. The fourth-order valence-electron chi connectivity index (χ4n) is 2.55. The first-order chi connectivity index (χ1) is 12.9. The van der Waals surface area contributed by atoms with Crippen molar-refractivity contribution in [1.29, 1.82) is 0 Å². The molecular weight excluding hydrogens is 348 g/mol. The summed E-state index contributed by atoms with van der Waals surface area (Å²) in [5.74, 6) is -1.41. The number of carbonyl (C=O) groups is 1. The number of halogens is 2. The Hall–Kier alpha value is -3.28. The maximum atomic E-state index is 13.8. The third-order valence-corrected chi connectivity index (χ3v) is 4.07. The molecule has 4 nitrogen and oxygen atoms in total. The lowest BCUT2D eigenvalue weighted by molar-refractivity contribution is 0.102. The molecule has 0 aliphatic rings. The largest absolute Gasteiger partial charge is 0.349 e. The molecule has 1 aromatic heterocycles. The van der Waals surface area contributed by atoms with E-state index in [4.69, 9.17) is 0 Å². The van der Waals surface area contributed by atoms with E-state index < -0.39 is 11.6 Å². The summed E-state index contributed by atoms with van der Waals surface area (Å²) in [7, 11) is 0. The Labute approximate surface area is 156 Å². The molecule has 0 saturated carbocycles. The van der Waals surface area contributed by atoms with Gasteiger partial charge in [0.05, 0.1) is 17.4 Å². The first-order valence-corrected chi connectivity index (χ1v) is 8.51. The Balaban J connectivity index is 1.75. The highest BCUT2D eigenvalue weighted by Crippen LogP contribution is 2.23. The standard InChI is InChI=1S/C21H19F2N3O/c1-13(2)14-6-8-16(9-7-14)26-21(27)15-10-17(12-24-11-15)25-20-18(22)4-3-5-19(20)23/h3-13,25H,1-2H3,(H,26,27). The smallest absolute Gasteiger partial charge is 0.257 e. The van der Waals surface area contributed by atoms with E-state index >= 15 is 0 Å². The highest BCUT2D eigenvalue weighted by atomic mass is 19.1. The molecular formula is C21H19F2N3O. The second-order valence-electron chi connectivity index (χ2n) is 6.41. The molecule has 138 valence electrons. The summed E-state index contributed by atoms with van der Waals surface area (Å²) in [5, 5.41) is 5.41. The summed E-state index contributed by atoms with van der Waals surface area (Å²) in [6, 6.07) is 12.6. The third-order valence-electron chi connectivity index (χ3n) is 4.07. The number of amides is 1. The maximum Gasteiger partial charge on any atom is 0.257 e. The number of hydrogen-bond acceptors (Lipinski definition) is 3. The lowest BCUT2D eigenvalue weighted by Crippen LogP contribution is -2.12. The summed E-state index contributed by atoms with van der Waals surface area (Å²) < 4.78 is 27.5. The normalized spacial score (nSPS) is 10.7. The predicted octanol–water partition coefficient (Wildman–Crippen LogP) is 5.48. The highest BCUT2D eigenvalue weighted by molar-refractivity contribution is 6.04. The van der Waals surface area contributed by atoms with E-state index in [1.54, 1.807) is 0 Å². The molecule has 0 radical (unpaired) electrons. The quantitative estimate of drug-likeness (QED) is 0.628. The van der Waals surface area contributed by atoms with Gasteiger partial charge < -0.3 is 10.6 Å². The summed E-state index contributed by atoms with van der Waals surface area (Å²) in [5.41, 5.74) is 2.11. The Morgan fingerprint density at radius 3 is 2.26 bits per heavy atom. The molecule has 0 unspecified atom stereocenters. The molecule has 27 heavy (non-hydrogen) atoms. The van der Waals surface area contributed by atoms with Crippen LogP contribution in [0.3, 0.4) is 0 Å². The number of aromatic nitrogens is 1. The molecule has 0 spiro atoms. The molecule has 1 amide bonds. The number of para-hydroxylation sites is 1. The van der Waals surface area contributed by atoms with Gasteiger partial charge in [-0.1, -0.05) is 32.0 Å². The molecule has 2 N–H and O–H groups in total. The van der Waals surface area contributed by atoms with Gasteiger partial charge in [0.2, 0.25) is 0 Å². The first-order valence-electron chi connectivity index (χ1n) is 8.51. The Kier molecular flexibility index (Phi) is 5.45. The summed E-state index contributed by atoms with van der Waals surface area (Å²) >= 11 is 0. The van der Waals surface area contributed by atoms with E-state index in [1.165, 1.54) is 30.1 Å². The van der Waals surface area contributed by atoms with Crippen molar-refractivity contribution >= 4 is 23.0 Å². The van der Waals surface area contributed by atoms with Gasteiger partial charge in [0.1, 0.15) is 17.3 Å². The summed E-state index contributed by atoms with van der Waals surface area (Å²) in [6.45, 7) is 4.19. The minimum Gasteiger partial charge on any atom is -0.349 e. The lowest BCUT2D eigenvalue weighted by Gasteiger charge is -2.11. The average molecular weight is 367 g/mol. The zero-order chi connectivity index (χ0) is 19.4. The van der Waals surface area contributed by atoms with Gasteiger partial charge in [0.15, 0.2) is 0 Å². The number of nitrogens with one attached hydrogen (secondary N) is 2.